The molecule has 0 spiro atoms. The number of H-pyrrole nitrogens is 1. The zero-order valence-electron chi connectivity index (χ0n) is 9.80. The van der Waals surface area contributed by atoms with Gasteiger partial charge in [0.15, 0.2) is 0 Å². The Bertz CT molecular complexity index is 797. The number of nitrogens with zero attached hydrogens (tertiary/aromatic N) is 2. The summed E-state index contributed by atoms with van der Waals surface area (Å²) in [7, 11) is 0. The molecule has 0 aliphatic rings. The van der Waals surface area contributed by atoms with E-state index in [0.717, 1.165) is 16.7 Å². The second-order valence-electron chi connectivity index (χ2n) is 3.91. The first-order valence-electron chi connectivity index (χ1n) is 5.30. The third-order valence-electron chi connectivity index (χ3n) is 2.53. The van der Waals surface area contributed by atoms with E-state index in [1.165, 1.54) is 6.07 Å². The van der Waals surface area contributed by atoms with Gasteiger partial charge in [-0.2, -0.15) is 8.78 Å². The van der Waals surface area contributed by atoms with Crippen LogP contribution in [0.4, 0.5) is 14.5 Å². The largest absolute Gasteiger partial charge is 0.328 e. The van der Waals surface area contributed by atoms with Crippen molar-refractivity contribution in [3.05, 3.63) is 72.5 Å². The first-order chi connectivity index (χ1) is 9.38. The normalized spacial score (nSPS) is 10.5. The van der Waals surface area contributed by atoms with Gasteiger partial charge in [0.1, 0.15) is 0 Å². The van der Waals surface area contributed by atoms with Gasteiger partial charge in [-0.15, -0.1) is 0 Å². The van der Waals surface area contributed by atoms with Crippen LogP contribution in [0, 0.1) is 21.7 Å². The monoisotopic (exact) mass is 283 g/mol. The van der Waals surface area contributed by atoms with Crippen molar-refractivity contribution in [2.45, 2.75) is 6.54 Å². The van der Waals surface area contributed by atoms with Crippen LogP contribution in [-0.4, -0.2) is 14.5 Å². The Morgan fingerprint density at radius 3 is 2.55 bits per heavy atom. The summed E-state index contributed by atoms with van der Waals surface area (Å²) in [5.41, 5.74) is -2.51. The van der Waals surface area contributed by atoms with Crippen LogP contribution in [0.5, 0.6) is 0 Å². The lowest BCUT2D eigenvalue weighted by Gasteiger charge is -2.05. The zero-order valence-corrected chi connectivity index (χ0v) is 9.80. The van der Waals surface area contributed by atoms with Gasteiger partial charge in [-0.1, -0.05) is 6.07 Å². The molecule has 0 bridgehead atoms. The van der Waals surface area contributed by atoms with E-state index >= 15 is 0 Å². The van der Waals surface area contributed by atoms with E-state index in [0.29, 0.717) is 6.20 Å². The van der Waals surface area contributed by atoms with Crippen LogP contribution in [0.2, 0.25) is 0 Å². The van der Waals surface area contributed by atoms with E-state index in [2.05, 4.69) is 0 Å². The van der Waals surface area contributed by atoms with Crippen LogP contribution < -0.4 is 11.2 Å². The number of aromatic amines is 1. The highest BCUT2D eigenvalue weighted by Gasteiger charge is 2.14. The van der Waals surface area contributed by atoms with Crippen molar-refractivity contribution in [1.29, 1.82) is 0 Å². The summed E-state index contributed by atoms with van der Waals surface area (Å²) >= 11 is 0. The lowest BCUT2D eigenvalue weighted by atomic mass is 10.2. The van der Waals surface area contributed by atoms with Crippen molar-refractivity contribution >= 4 is 5.69 Å². The fourth-order valence-corrected chi connectivity index (χ4v) is 1.59. The molecule has 0 saturated heterocycles. The quantitative estimate of drug-likeness (QED) is 0.664. The fraction of sp³-hybridized carbons (Fsp3) is 0.0909. The predicted octanol–water partition coefficient (Wildman–Crippen LogP) is 0.771. The molecule has 0 atom stereocenters. The highest BCUT2D eigenvalue weighted by Crippen LogP contribution is 2.18. The number of nitro benzene ring substituents is 1. The molecule has 9 heteroatoms. The number of halogens is 2. The molecule has 2 rings (SSSR count). The molecule has 1 heterocycles. The lowest BCUT2D eigenvalue weighted by molar-refractivity contribution is -0.387. The molecular weight excluding hydrogens is 276 g/mol. The Morgan fingerprint density at radius 2 is 1.95 bits per heavy atom. The van der Waals surface area contributed by atoms with Crippen LogP contribution in [-0.2, 0) is 6.54 Å². The van der Waals surface area contributed by atoms with Gasteiger partial charge >= 0.3 is 11.4 Å². The molecule has 20 heavy (non-hydrogen) atoms. The number of hydrogen-bond acceptors (Lipinski definition) is 4. The number of benzene rings is 1. The minimum Gasteiger partial charge on any atom is -0.293 e. The highest BCUT2D eigenvalue weighted by molar-refractivity contribution is 5.35. The van der Waals surface area contributed by atoms with Crippen molar-refractivity contribution in [3.63, 3.8) is 0 Å². The zero-order chi connectivity index (χ0) is 14.9. The van der Waals surface area contributed by atoms with E-state index in [4.69, 9.17) is 0 Å². The topological polar surface area (TPSA) is 98.0 Å². The summed E-state index contributed by atoms with van der Waals surface area (Å²) in [5, 5.41) is 10.4. The molecule has 2 aromatic rings. The second kappa shape index (κ2) is 5.03. The van der Waals surface area contributed by atoms with Crippen molar-refractivity contribution < 1.29 is 13.7 Å². The summed E-state index contributed by atoms with van der Waals surface area (Å²) in [6.45, 7) is -0.235. The van der Waals surface area contributed by atoms with Gasteiger partial charge in [-0.05, 0) is 11.6 Å². The maximum atomic E-state index is 13.4. The summed E-state index contributed by atoms with van der Waals surface area (Å²) < 4.78 is 27.2. The number of nitro groups is 1. The van der Waals surface area contributed by atoms with Gasteiger partial charge in [0.05, 0.1) is 17.7 Å². The molecule has 1 N–H and O–H groups in total. The molecule has 0 amide bonds. The van der Waals surface area contributed by atoms with Crippen molar-refractivity contribution in [3.8, 4) is 0 Å². The number of aromatic nitrogens is 2. The molecule has 0 aliphatic heterocycles. The fourth-order valence-electron chi connectivity index (χ4n) is 1.59. The smallest absolute Gasteiger partial charge is 0.293 e. The first-order valence-corrected chi connectivity index (χ1v) is 5.30. The summed E-state index contributed by atoms with van der Waals surface area (Å²) in [4.78, 5) is 33.5. The minimum absolute atomic E-state index is 0.210. The highest BCUT2D eigenvalue weighted by atomic mass is 19.1. The number of nitrogens with one attached hydrogen (secondary N) is 1. The van der Waals surface area contributed by atoms with Crippen molar-refractivity contribution in [1.82, 2.24) is 9.55 Å². The Balaban J connectivity index is 2.38. The molecule has 104 valence electrons. The summed E-state index contributed by atoms with van der Waals surface area (Å²) in [5.74, 6) is -2.22. The van der Waals surface area contributed by atoms with Crippen molar-refractivity contribution in [2.75, 3.05) is 0 Å². The molecule has 0 radical (unpaired) electrons. The lowest BCUT2D eigenvalue weighted by Crippen LogP contribution is -2.31. The molecule has 0 saturated carbocycles. The number of hydrogen-bond donors (Lipinski definition) is 1. The van der Waals surface area contributed by atoms with Crippen LogP contribution in [0.3, 0.4) is 0 Å². The van der Waals surface area contributed by atoms with Gasteiger partial charge in [0.2, 0.25) is 11.6 Å². The van der Waals surface area contributed by atoms with Gasteiger partial charge in [0.25, 0.3) is 5.56 Å². The van der Waals surface area contributed by atoms with E-state index in [9.17, 15) is 28.5 Å². The van der Waals surface area contributed by atoms with Gasteiger partial charge in [-0.3, -0.25) is 24.5 Å². The minimum atomic E-state index is -1.16. The van der Waals surface area contributed by atoms with Crippen LogP contribution in [0.15, 0.2) is 34.0 Å². The van der Waals surface area contributed by atoms with E-state index in [1.807, 2.05) is 0 Å². The molecule has 0 fully saturated rings. The van der Waals surface area contributed by atoms with Gasteiger partial charge in [-0.25, -0.2) is 4.79 Å². The molecule has 1 aromatic carbocycles. The molecule has 0 unspecified atom stereocenters. The first kappa shape index (κ1) is 13.6. The van der Waals surface area contributed by atoms with Crippen LogP contribution >= 0.6 is 0 Å². The maximum absolute atomic E-state index is 13.4. The standard InChI is InChI=1S/C11H7F2N3O4/c12-7-3-6(1-2-9(7)16(19)20)4-15-5-8(13)10(17)14-11(15)18/h1-3,5H,4H2,(H,14,17,18). The van der Waals surface area contributed by atoms with Gasteiger partial charge in [0, 0.05) is 6.07 Å². The van der Waals surface area contributed by atoms with E-state index in [-0.39, 0.29) is 12.1 Å². The number of rotatable bonds is 3. The average Bonchev–Trinajstić information content (AvgIpc) is 2.35. The Kier molecular flexibility index (Phi) is 3.42. The molecule has 7 nitrogen and oxygen atoms in total. The predicted molar refractivity (Wildman–Crippen MR) is 63.4 cm³/mol. The Morgan fingerprint density at radius 1 is 1.25 bits per heavy atom. The molecule has 0 aliphatic carbocycles. The molecular formula is C11H7F2N3O4. The van der Waals surface area contributed by atoms with Crippen LogP contribution in [0.1, 0.15) is 5.56 Å². The second-order valence-corrected chi connectivity index (χ2v) is 3.91. The maximum Gasteiger partial charge on any atom is 0.328 e. The Hall–Kier alpha value is -2.84. The summed E-state index contributed by atoms with van der Waals surface area (Å²) in [6, 6.07) is 3.04. The van der Waals surface area contributed by atoms with Crippen molar-refractivity contribution in [2.24, 2.45) is 0 Å². The third-order valence-corrected chi connectivity index (χ3v) is 2.53. The van der Waals surface area contributed by atoms with E-state index < -0.39 is 33.5 Å². The van der Waals surface area contributed by atoms with Gasteiger partial charge < -0.3 is 0 Å². The SMILES string of the molecule is O=c1[nH]c(=O)n(Cc2ccc([N+](=O)[O-])c(F)c2)cc1F. The molecule has 1 aromatic heterocycles. The van der Waals surface area contributed by atoms with Crippen LogP contribution in [0.25, 0.3) is 0 Å². The summed E-state index contributed by atoms with van der Waals surface area (Å²) in [6.07, 6.45) is 0.681. The Labute approximate surface area is 109 Å². The third kappa shape index (κ3) is 2.60. The average molecular weight is 283 g/mol. The van der Waals surface area contributed by atoms with E-state index in [1.54, 1.807) is 4.98 Å².